The van der Waals surface area contributed by atoms with E-state index in [1.165, 1.54) is 0 Å². The molecule has 3 heteroatoms. The van der Waals surface area contributed by atoms with Gasteiger partial charge in [0.15, 0.2) is 0 Å². The number of para-hydroxylation sites is 1. The Kier molecular flexibility index (Phi) is 3.04. The van der Waals surface area contributed by atoms with Crippen molar-refractivity contribution in [1.82, 2.24) is 0 Å². The van der Waals surface area contributed by atoms with E-state index in [1.54, 1.807) is 11.3 Å². The molecule has 0 radical (unpaired) electrons. The molecular formula is C12H13NOS. The average molecular weight is 219 g/mol. The maximum atomic E-state index is 10.00. The second-order valence-electron chi connectivity index (χ2n) is 3.48. The number of thiophene rings is 1. The Morgan fingerprint density at radius 1 is 1.27 bits per heavy atom. The molecule has 1 aromatic carbocycles. The highest BCUT2D eigenvalue weighted by Gasteiger charge is 2.11. The van der Waals surface area contributed by atoms with Crippen LogP contribution in [0.3, 0.4) is 0 Å². The van der Waals surface area contributed by atoms with Crippen molar-refractivity contribution in [2.75, 3.05) is 5.73 Å². The van der Waals surface area contributed by atoms with Crippen molar-refractivity contribution in [3.63, 3.8) is 0 Å². The number of aliphatic hydroxyl groups excluding tert-OH is 1. The summed E-state index contributed by atoms with van der Waals surface area (Å²) in [6.07, 6.45) is 0.110. The molecule has 0 saturated heterocycles. The van der Waals surface area contributed by atoms with Gasteiger partial charge in [0, 0.05) is 17.7 Å². The molecule has 3 N–H and O–H groups in total. The quantitative estimate of drug-likeness (QED) is 0.779. The Balaban J connectivity index is 2.15. The van der Waals surface area contributed by atoms with Crippen LogP contribution < -0.4 is 5.73 Å². The smallest absolute Gasteiger partial charge is 0.0850 e. The first-order valence-electron chi connectivity index (χ1n) is 4.81. The highest BCUT2D eigenvalue weighted by molar-refractivity contribution is 7.07. The van der Waals surface area contributed by atoms with Crippen LogP contribution in [0.25, 0.3) is 0 Å². The van der Waals surface area contributed by atoms with E-state index in [0.29, 0.717) is 12.1 Å². The molecule has 78 valence electrons. The van der Waals surface area contributed by atoms with E-state index in [1.807, 2.05) is 41.1 Å². The zero-order valence-electron chi connectivity index (χ0n) is 8.26. The van der Waals surface area contributed by atoms with Crippen molar-refractivity contribution < 1.29 is 5.11 Å². The molecule has 1 heterocycles. The minimum atomic E-state index is -0.513. The van der Waals surface area contributed by atoms with Gasteiger partial charge in [-0.1, -0.05) is 18.2 Å². The van der Waals surface area contributed by atoms with E-state index in [2.05, 4.69) is 0 Å². The van der Waals surface area contributed by atoms with Gasteiger partial charge in [0.05, 0.1) is 6.10 Å². The van der Waals surface area contributed by atoms with Crippen LogP contribution in [-0.2, 0) is 6.42 Å². The van der Waals surface area contributed by atoms with Crippen LogP contribution in [0.4, 0.5) is 5.69 Å². The van der Waals surface area contributed by atoms with Gasteiger partial charge in [-0.3, -0.25) is 0 Å². The number of nitrogens with two attached hydrogens (primary N) is 1. The van der Waals surface area contributed by atoms with Gasteiger partial charge in [-0.15, -0.1) is 0 Å². The van der Waals surface area contributed by atoms with Gasteiger partial charge in [-0.05, 0) is 28.5 Å². The minimum Gasteiger partial charge on any atom is -0.398 e. The molecular weight excluding hydrogens is 206 g/mol. The predicted octanol–water partition coefficient (Wildman–Crippen LogP) is 2.61. The van der Waals surface area contributed by atoms with Crippen molar-refractivity contribution in [2.45, 2.75) is 12.5 Å². The van der Waals surface area contributed by atoms with E-state index in [-0.39, 0.29) is 0 Å². The van der Waals surface area contributed by atoms with Gasteiger partial charge in [-0.2, -0.15) is 11.3 Å². The van der Waals surface area contributed by atoms with E-state index >= 15 is 0 Å². The summed E-state index contributed by atoms with van der Waals surface area (Å²) in [4.78, 5) is 0. The van der Waals surface area contributed by atoms with E-state index < -0.39 is 6.10 Å². The Bertz CT molecular complexity index is 425. The second kappa shape index (κ2) is 4.47. The molecule has 2 aromatic rings. The number of hydrogen-bond acceptors (Lipinski definition) is 3. The summed E-state index contributed by atoms with van der Waals surface area (Å²) in [5, 5.41) is 14.1. The van der Waals surface area contributed by atoms with Crippen LogP contribution in [0, 0.1) is 0 Å². The topological polar surface area (TPSA) is 46.2 Å². The Morgan fingerprint density at radius 3 is 2.73 bits per heavy atom. The number of rotatable bonds is 3. The monoisotopic (exact) mass is 219 g/mol. The lowest BCUT2D eigenvalue weighted by atomic mass is 10.0. The molecule has 0 aliphatic heterocycles. The van der Waals surface area contributed by atoms with Gasteiger partial charge in [0.1, 0.15) is 0 Å². The van der Waals surface area contributed by atoms with Gasteiger partial charge >= 0.3 is 0 Å². The van der Waals surface area contributed by atoms with Crippen molar-refractivity contribution in [3.8, 4) is 0 Å². The molecule has 0 saturated carbocycles. The van der Waals surface area contributed by atoms with Crippen molar-refractivity contribution in [2.24, 2.45) is 0 Å². The van der Waals surface area contributed by atoms with Gasteiger partial charge in [0.25, 0.3) is 0 Å². The fraction of sp³-hybridized carbons (Fsp3) is 0.167. The molecule has 1 aromatic heterocycles. The molecule has 1 unspecified atom stereocenters. The van der Waals surface area contributed by atoms with Gasteiger partial charge in [-0.25, -0.2) is 0 Å². The van der Waals surface area contributed by atoms with Crippen LogP contribution >= 0.6 is 11.3 Å². The summed E-state index contributed by atoms with van der Waals surface area (Å²) in [6, 6.07) is 9.46. The lowest BCUT2D eigenvalue weighted by Gasteiger charge is -2.12. The highest BCUT2D eigenvalue weighted by atomic mass is 32.1. The molecule has 1 atom stereocenters. The highest BCUT2D eigenvalue weighted by Crippen LogP contribution is 2.24. The molecule has 0 bridgehead atoms. The van der Waals surface area contributed by atoms with Crippen LogP contribution in [0.1, 0.15) is 17.2 Å². The molecule has 0 spiro atoms. The summed E-state index contributed by atoms with van der Waals surface area (Å²) in [7, 11) is 0. The molecule has 15 heavy (non-hydrogen) atoms. The van der Waals surface area contributed by atoms with Crippen LogP contribution in [-0.4, -0.2) is 5.11 Å². The fourth-order valence-electron chi connectivity index (χ4n) is 1.56. The summed E-state index contributed by atoms with van der Waals surface area (Å²) in [6.45, 7) is 0. The molecule has 0 amide bonds. The SMILES string of the molecule is Nc1ccccc1C(O)Cc1ccsc1. The second-order valence-corrected chi connectivity index (χ2v) is 4.26. The summed E-state index contributed by atoms with van der Waals surface area (Å²) < 4.78 is 0. The number of hydrogen-bond donors (Lipinski definition) is 2. The first-order valence-corrected chi connectivity index (χ1v) is 5.75. The molecule has 2 rings (SSSR count). The summed E-state index contributed by atoms with van der Waals surface area (Å²) in [5.74, 6) is 0. The van der Waals surface area contributed by atoms with E-state index in [4.69, 9.17) is 5.73 Å². The third-order valence-corrected chi connectivity index (χ3v) is 3.10. The largest absolute Gasteiger partial charge is 0.398 e. The lowest BCUT2D eigenvalue weighted by molar-refractivity contribution is 0.179. The van der Waals surface area contributed by atoms with Crippen molar-refractivity contribution in [3.05, 3.63) is 52.2 Å². The number of benzene rings is 1. The molecule has 2 nitrogen and oxygen atoms in total. The third kappa shape index (κ3) is 2.37. The zero-order valence-corrected chi connectivity index (χ0v) is 9.08. The van der Waals surface area contributed by atoms with Crippen LogP contribution in [0.2, 0.25) is 0 Å². The third-order valence-electron chi connectivity index (χ3n) is 2.36. The molecule has 0 aliphatic carbocycles. The number of nitrogen functional groups attached to an aromatic ring is 1. The minimum absolute atomic E-state index is 0.513. The Labute approximate surface area is 93.0 Å². The average Bonchev–Trinajstić information content (AvgIpc) is 2.71. The van der Waals surface area contributed by atoms with E-state index in [0.717, 1.165) is 11.1 Å². The van der Waals surface area contributed by atoms with Crippen molar-refractivity contribution >= 4 is 17.0 Å². The van der Waals surface area contributed by atoms with Crippen LogP contribution in [0.15, 0.2) is 41.1 Å². The summed E-state index contributed by atoms with van der Waals surface area (Å²) in [5.41, 5.74) is 8.40. The summed E-state index contributed by atoms with van der Waals surface area (Å²) >= 11 is 1.64. The lowest BCUT2D eigenvalue weighted by Crippen LogP contribution is -2.04. The Morgan fingerprint density at radius 2 is 2.07 bits per heavy atom. The first-order chi connectivity index (χ1) is 7.27. The van der Waals surface area contributed by atoms with Crippen LogP contribution in [0.5, 0.6) is 0 Å². The number of anilines is 1. The molecule has 0 aliphatic rings. The molecule has 0 fully saturated rings. The number of aliphatic hydroxyl groups is 1. The van der Waals surface area contributed by atoms with Crippen molar-refractivity contribution in [1.29, 1.82) is 0 Å². The van der Waals surface area contributed by atoms with Gasteiger partial charge < -0.3 is 10.8 Å². The van der Waals surface area contributed by atoms with E-state index in [9.17, 15) is 5.11 Å². The first kappa shape index (κ1) is 10.2. The predicted molar refractivity (Wildman–Crippen MR) is 63.8 cm³/mol. The standard InChI is InChI=1S/C12H13NOS/c13-11-4-2-1-3-10(11)12(14)7-9-5-6-15-8-9/h1-6,8,12,14H,7,13H2. The Hall–Kier alpha value is -1.32. The fourth-order valence-corrected chi connectivity index (χ4v) is 2.24. The normalized spacial score (nSPS) is 12.6. The maximum absolute atomic E-state index is 10.00. The maximum Gasteiger partial charge on any atom is 0.0850 e. The van der Waals surface area contributed by atoms with Gasteiger partial charge in [0.2, 0.25) is 0 Å². The zero-order chi connectivity index (χ0) is 10.7.